The summed E-state index contributed by atoms with van der Waals surface area (Å²) in [5.74, 6) is 0. The quantitative estimate of drug-likeness (QED) is 0.781. The van der Waals surface area contributed by atoms with E-state index >= 15 is 0 Å². The maximum Gasteiger partial charge on any atom is 0.136 e. The molecule has 1 aliphatic heterocycles. The van der Waals surface area contributed by atoms with E-state index in [2.05, 4.69) is 16.4 Å². The van der Waals surface area contributed by atoms with Crippen LogP contribution in [0, 0.1) is 11.3 Å². The molecule has 1 N–H and O–H groups in total. The van der Waals surface area contributed by atoms with Gasteiger partial charge in [-0.25, -0.2) is 4.98 Å². The minimum Gasteiger partial charge on any atom is -0.387 e. The average molecular weight is 241 g/mol. The van der Waals surface area contributed by atoms with Gasteiger partial charge in [-0.05, 0) is 25.0 Å². The Morgan fingerprint density at radius 3 is 3.00 bits per heavy atom. The number of thiazole rings is 1. The molecule has 2 aromatic rings. The Morgan fingerprint density at radius 1 is 1.41 bits per heavy atom. The van der Waals surface area contributed by atoms with Gasteiger partial charge in [0.1, 0.15) is 16.6 Å². The minimum absolute atomic E-state index is 0.712. The minimum atomic E-state index is 0.712. The normalized spacial score (nSPS) is 17.8. The van der Waals surface area contributed by atoms with E-state index in [0.717, 1.165) is 40.3 Å². The van der Waals surface area contributed by atoms with Crippen molar-refractivity contribution in [3.63, 3.8) is 0 Å². The summed E-state index contributed by atoms with van der Waals surface area (Å²) >= 11 is 1.59. The number of aromatic nitrogens is 1. The number of para-hydroxylation sites is 1. The molecule has 0 bridgehead atoms. The summed E-state index contributed by atoms with van der Waals surface area (Å²) in [6, 6.07) is 10.3. The van der Waals surface area contributed by atoms with Crippen molar-refractivity contribution in [2.75, 3.05) is 6.54 Å². The Kier molecular flexibility index (Phi) is 2.54. The topological polar surface area (TPSA) is 48.7 Å². The van der Waals surface area contributed by atoms with E-state index in [1.807, 2.05) is 24.3 Å². The van der Waals surface area contributed by atoms with Crippen molar-refractivity contribution in [3.8, 4) is 6.07 Å². The first-order valence-electron chi connectivity index (χ1n) is 5.61. The lowest BCUT2D eigenvalue weighted by atomic mass is 10.2. The van der Waals surface area contributed by atoms with E-state index < -0.39 is 0 Å². The monoisotopic (exact) mass is 241 g/mol. The van der Waals surface area contributed by atoms with Crippen LogP contribution in [0.25, 0.3) is 15.8 Å². The predicted molar refractivity (Wildman–Crippen MR) is 69.4 cm³/mol. The van der Waals surface area contributed by atoms with Crippen LogP contribution in [-0.4, -0.2) is 11.5 Å². The molecule has 84 valence electrons. The third-order valence-electron chi connectivity index (χ3n) is 2.86. The number of hydrogen-bond acceptors (Lipinski definition) is 4. The molecule has 0 unspecified atom stereocenters. The van der Waals surface area contributed by atoms with Gasteiger partial charge < -0.3 is 5.32 Å². The number of fused-ring (bicyclic) bond motifs is 1. The number of nitriles is 1. The smallest absolute Gasteiger partial charge is 0.136 e. The fourth-order valence-corrected chi connectivity index (χ4v) is 3.02. The molecule has 1 aromatic carbocycles. The van der Waals surface area contributed by atoms with Crippen LogP contribution >= 0.6 is 11.3 Å². The molecule has 1 fully saturated rings. The average Bonchev–Trinajstić information content (AvgIpc) is 2.98. The van der Waals surface area contributed by atoms with Crippen LogP contribution in [0.1, 0.15) is 17.8 Å². The van der Waals surface area contributed by atoms with Crippen LogP contribution in [0.3, 0.4) is 0 Å². The van der Waals surface area contributed by atoms with Crippen LogP contribution in [0.2, 0.25) is 0 Å². The molecule has 0 atom stereocenters. The SMILES string of the molecule is N#CC(=C1CCCN1)c1nc2ccccc2s1. The molecule has 17 heavy (non-hydrogen) atoms. The van der Waals surface area contributed by atoms with Crippen molar-refractivity contribution in [2.24, 2.45) is 0 Å². The Labute approximate surface area is 103 Å². The van der Waals surface area contributed by atoms with Crippen molar-refractivity contribution >= 4 is 27.1 Å². The lowest BCUT2D eigenvalue weighted by Crippen LogP contribution is -2.05. The Balaban J connectivity index is 2.14. The zero-order valence-corrected chi connectivity index (χ0v) is 10.0. The Hall–Kier alpha value is -1.86. The van der Waals surface area contributed by atoms with E-state index in [0.29, 0.717) is 5.57 Å². The van der Waals surface area contributed by atoms with Gasteiger partial charge in [-0.2, -0.15) is 5.26 Å². The maximum absolute atomic E-state index is 9.28. The highest BCUT2D eigenvalue weighted by atomic mass is 32.1. The van der Waals surface area contributed by atoms with Gasteiger partial charge in [-0.1, -0.05) is 12.1 Å². The summed E-state index contributed by atoms with van der Waals surface area (Å²) in [6.45, 7) is 0.964. The standard InChI is InChI=1S/C13H11N3S/c14-8-9(10-5-3-7-15-10)13-16-11-4-1-2-6-12(11)17-13/h1-2,4,6,15H,3,5,7H2. The second-order valence-electron chi connectivity index (χ2n) is 3.98. The molecule has 0 saturated carbocycles. The highest BCUT2D eigenvalue weighted by Gasteiger charge is 2.16. The van der Waals surface area contributed by atoms with Gasteiger partial charge in [0.2, 0.25) is 0 Å². The molecule has 0 amide bonds. The van der Waals surface area contributed by atoms with Crippen LogP contribution in [0.5, 0.6) is 0 Å². The number of rotatable bonds is 1. The second-order valence-corrected chi connectivity index (χ2v) is 5.01. The third kappa shape index (κ3) is 1.79. The zero-order chi connectivity index (χ0) is 11.7. The highest BCUT2D eigenvalue weighted by Crippen LogP contribution is 2.29. The fourth-order valence-electron chi connectivity index (χ4n) is 2.03. The van der Waals surface area contributed by atoms with Crippen LogP contribution in [-0.2, 0) is 0 Å². The zero-order valence-electron chi connectivity index (χ0n) is 9.23. The molecule has 1 saturated heterocycles. The van der Waals surface area contributed by atoms with Crippen LogP contribution in [0.4, 0.5) is 0 Å². The first-order valence-corrected chi connectivity index (χ1v) is 6.43. The van der Waals surface area contributed by atoms with Gasteiger partial charge in [-0.3, -0.25) is 0 Å². The summed E-state index contributed by atoms with van der Waals surface area (Å²) in [5, 5.41) is 13.4. The highest BCUT2D eigenvalue weighted by molar-refractivity contribution is 7.19. The molecule has 0 radical (unpaired) electrons. The number of nitrogens with zero attached hydrogens (tertiary/aromatic N) is 2. The number of nitrogens with one attached hydrogen (secondary N) is 1. The van der Waals surface area contributed by atoms with Gasteiger partial charge in [0, 0.05) is 12.2 Å². The second kappa shape index (κ2) is 4.19. The third-order valence-corrected chi connectivity index (χ3v) is 3.92. The Bertz CT molecular complexity index is 592. The van der Waals surface area contributed by atoms with Gasteiger partial charge in [0.25, 0.3) is 0 Å². The summed E-state index contributed by atoms with van der Waals surface area (Å²) in [7, 11) is 0. The molecule has 0 spiro atoms. The fraction of sp³-hybridized carbons (Fsp3) is 0.231. The summed E-state index contributed by atoms with van der Waals surface area (Å²) < 4.78 is 1.13. The lowest BCUT2D eigenvalue weighted by molar-refractivity contribution is 0.904. The summed E-state index contributed by atoms with van der Waals surface area (Å²) in [5.41, 5.74) is 2.73. The van der Waals surface area contributed by atoms with Gasteiger partial charge in [0.05, 0.1) is 10.2 Å². The van der Waals surface area contributed by atoms with E-state index in [4.69, 9.17) is 0 Å². The van der Waals surface area contributed by atoms with Gasteiger partial charge in [0.15, 0.2) is 0 Å². The van der Waals surface area contributed by atoms with Crippen molar-refractivity contribution < 1.29 is 0 Å². The number of allylic oxidation sites excluding steroid dienone is 2. The molecule has 2 heterocycles. The predicted octanol–water partition coefficient (Wildman–Crippen LogP) is 2.91. The molecule has 3 nitrogen and oxygen atoms in total. The van der Waals surface area contributed by atoms with E-state index in [9.17, 15) is 5.26 Å². The van der Waals surface area contributed by atoms with Crippen molar-refractivity contribution in [1.29, 1.82) is 5.26 Å². The summed E-state index contributed by atoms with van der Waals surface area (Å²) in [4.78, 5) is 4.53. The van der Waals surface area contributed by atoms with E-state index in [1.54, 1.807) is 11.3 Å². The molecule has 4 heteroatoms. The van der Waals surface area contributed by atoms with Crippen LogP contribution in [0.15, 0.2) is 30.0 Å². The van der Waals surface area contributed by atoms with E-state index in [-0.39, 0.29) is 0 Å². The maximum atomic E-state index is 9.28. The van der Waals surface area contributed by atoms with Crippen LogP contribution < -0.4 is 5.32 Å². The van der Waals surface area contributed by atoms with Crippen molar-refractivity contribution in [1.82, 2.24) is 10.3 Å². The lowest BCUT2D eigenvalue weighted by Gasteiger charge is -2.00. The molecular weight excluding hydrogens is 230 g/mol. The molecule has 1 aliphatic rings. The number of benzene rings is 1. The van der Waals surface area contributed by atoms with E-state index in [1.165, 1.54) is 0 Å². The molecular formula is C13H11N3S. The summed E-state index contributed by atoms with van der Waals surface area (Å²) in [6.07, 6.45) is 2.06. The first-order chi connectivity index (χ1) is 8.38. The van der Waals surface area contributed by atoms with Crippen molar-refractivity contribution in [2.45, 2.75) is 12.8 Å². The molecule has 3 rings (SSSR count). The Morgan fingerprint density at radius 2 is 2.29 bits per heavy atom. The molecule has 1 aromatic heterocycles. The van der Waals surface area contributed by atoms with Crippen molar-refractivity contribution in [3.05, 3.63) is 35.0 Å². The molecule has 0 aliphatic carbocycles. The number of hydrogen-bond donors (Lipinski definition) is 1. The largest absolute Gasteiger partial charge is 0.387 e. The first kappa shape index (κ1) is 10.3. The van der Waals surface area contributed by atoms with Gasteiger partial charge >= 0.3 is 0 Å². The van der Waals surface area contributed by atoms with Gasteiger partial charge in [-0.15, -0.1) is 11.3 Å².